The van der Waals surface area contributed by atoms with Gasteiger partial charge in [-0.3, -0.25) is 19.5 Å². The molecule has 25 heavy (non-hydrogen) atoms. The molecule has 0 aliphatic heterocycles. The van der Waals surface area contributed by atoms with Crippen molar-refractivity contribution in [1.82, 2.24) is 19.9 Å². The summed E-state index contributed by atoms with van der Waals surface area (Å²) in [6, 6.07) is 9.43. The summed E-state index contributed by atoms with van der Waals surface area (Å²) in [6.07, 6.45) is 3.39. The molecule has 3 aromatic rings. The number of hydrogen-bond donors (Lipinski definition) is 3. The summed E-state index contributed by atoms with van der Waals surface area (Å²) >= 11 is 0. The number of aryl methyl sites for hydroxylation is 1. The Balaban J connectivity index is 1.73. The summed E-state index contributed by atoms with van der Waals surface area (Å²) < 4.78 is 1.16. The number of amides is 1. The largest absolute Gasteiger partial charge is 0.348 e. The number of fused-ring (bicyclic) bond motifs is 2. The molecule has 1 aliphatic carbocycles. The third-order valence-corrected chi connectivity index (χ3v) is 4.62. The van der Waals surface area contributed by atoms with Gasteiger partial charge in [0.15, 0.2) is 5.65 Å². The summed E-state index contributed by atoms with van der Waals surface area (Å²) in [7, 11) is 0. The first-order valence-electron chi connectivity index (χ1n) is 8.36. The molecule has 0 fully saturated rings. The molecule has 128 valence electrons. The van der Waals surface area contributed by atoms with Crippen molar-refractivity contribution in [2.45, 2.75) is 32.2 Å². The number of carbonyl (C=O) groups excluding carboxylic acids is 1. The lowest BCUT2D eigenvalue weighted by molar-refractivity contribution is 0.0951. The summed E-state index contributed by atoms with van der Waals surface area (Å²) in [5.41, 5.74) is 1.82. The Labute approximate surface area is 142 Å². The van der Waals surface area contributed by atoms with Crippen molar-refractivity contribution in [2.75, 3.05) is 0 Å². The maximum absolute atomic E-state index is 12.6. The highest BCUT2D eigenvalue weighted by molar-refractivity contribution is 5.99. The van der Waals surface area contributed by atoms with E-state index in [0.717, 1.165) is 35.0 Å². The van der Waals surface area contributed by atoms with Crippen molar-refractivity contribution in [1.29, 1.82) is 0 Å². The summed E-state index contributed by atoms with van der Waals surface area (Å²) in [6.45, 7) is 0.311. The molecule has 0 unspecified atom stereocenters. The second-order valence-electron chi connectivity index (χ2n) is 6.26. The van der Waals surface area contributed by atoms with E-state index in [9.17, 15) is 14.4 Å². The van der Waals surface area contributed by atoms with E-state index in [1.807, 2.05) is 30.3 Å². The Morgan fingerprint density at radius 2 is 1.88 bits per heavy atom. The highest BCUT2D eigenvalue weighted by atomic mass is 16.2. The zero-order valence-corrected chi connectivity index (χ0v) is 13.6. The maximum atomic E-state index is 12.6. The number of carbonyl (C=O) groups is 1. The van der Waals surface area contributed by atoms with Crippen LogP contribution in [0.4, 0.5) is 0 Å². The van der Waals surface area contributed by atoms with Gasteiger partial charge in [0.25, 0.3) is 17.0 Å². The van der Waals surface area contributed by atoms with E-state index in [0.29, 0.717) is 18.5 Å². The van der Waals surface area contributed by atoms with Crippen molar-refractivity contribution < 1.29 is 4.79 Å². The number of nitrogens with zero attached hydrogens (tertiary/aromatic N) is 1. The van der Waals surface area contributed by atoms with Gasteiger partial charge in [0.05, 0.1) is 0 Å². The standard InChI is InChI=1S/C18H18N4O3/c23-16(19-10-11-6-2-1-3-7-11)14-15-20-13-9-5-4-8-12(13)18(25)22(15)21-17(14)24/h1-3,6-7,20H,4-5,8-10H2,(H,19,23)(H,21,24). The van der Waals surface area contributed by atoms with E-state index in [4.69, 9.17) is 0 Å². The quantitative estimate of drug-likeness (QED) is 0.667. The van der Waals surface area contributed by atoms with Gasteiger partial charge < -0.3 is 10.3 Å². The molecule has 0 saturated heterocycles. The number of aromatic amines is 2. The molecular weight excluding hydrogens is 320 g/mol. The first-order valence-corrected chi connectivity index (χ1v) is 8.36. The van der Waals surface area contributed by atoms with Gasteiger partial charge in [-0.05, 0) is 31.2 Å². The minimum absolute atomic E-state index is 0.0543. The van der Waals surface area contributed by atoms with Crippen LogP contribution in [-0.4, -0.2) is 20.5 Å². The van der Waals surface area contributed by atoms with E-state index in [1.54, 1.807) is 0 Å². The number of benzene rings is 1. The molecular formula is C18H18N4O3. The van der Waals surface area contributed by atoms with Crippen molar-refractivity contribution in [3.05, 3.63) is 73.4 Å². The van der Waals surface area contributed by atoms with Gasteiger partial charge in [0, 0.05) is 17.8 Å². The topological polar surface area (TPSA) is 99.2 Å². The molecule has 0 spiro atoms. The van der Waals surface area contributed by atoms with Crippen LogP contribution in [0.5, 0.6) is 0 Å². The fraction of sp³-hybridized carbons (Fsp3) is 0.278. The van der Waals surface area contributed by atoms with Crippen molar-refractivity contribution in [2.24, 2.45) is 0 Å². The molecule has 2 aromatic heterocycles. The van der Waals surface area contributed by atoms with Crippen molar-refractivity contribution in [3.63, 3.8) is 0 Å². The second kappa shape index (κ2) is 6.08. The Hall–Kier alpha value is -3.09. The molecule has 2 heterocycles. The van der Waals surface area contributed by atoms with Crippen LogP contribution in [-0.2, 0) is 19.4 Å². The smallest absolute Gasteiger partial charge is 0.279 e. The van der Waals surface area contributed by atoms with Crippen LogP contribution >= 0.6 is 0 Å². The number of rotatable bonds is 3. The Bertz CT molecular complexity index is 1060. The molecule has 1 aromatic carbocycles. The van der Waals surface area contributed by atoms with E-state index >= 15 is 0 Å². The zero-order valence-electron chi connectivity index (χ0n) is 13.6. The molecule has 1 amide bonds. The van der Waals surface area contributed by atoms with Crippen molar-refractivity contribution >= 4 is 11.6 Å². The van der Waals surface area contributed by atoms with Crippen LogP contribution in [0, 0.1) is 0 Å². The van der Waals surface area contributed by atoms with Gasteiger partial charge in [-0.2, -0.15) is 4.52 Å². The molecule has 3 N–H and O–H groups in total. The number of hydrogen-bond acceptors (Lipinski definition) is 3. The highest BCUT2D eigenvalue weighted by Crippen LogP contribution is 2.17. The zero-order chi connectivity index (χ0) is 17.4. The molecule has 0 bridgehead atoms. The van der Waals surface area contributed by atoms with Crippen LogP contribution in [0.2, 0.25) is 0 Å². The van der Waals surface area contributed by atoms with Crippen LogP contribution in [0.1, 0.15) is 40.0 Å². The molecule has 7 heteroatoms. The number of aromatic nitrogens is 3. The van der Waals surface area contributed by atoms with E-state index < -0.39 is 11.5 Å². The molecule has 0 radical (unpaired) electrons. The van der Waals surface area contributed by atoms with Gasteiger partial charge in [-0.1, -0.05) is 30.3 Å². The lowest BCUT2D eigenvalue weighted by atomic mass is 9.97. The van der Waals surface area contributed by atoms with E-state index in [-0.39, 0.29) is 16.8 Å². The highest BCUT2D eigenvalue weighted by Gasteiger charge is 2.23. The minimum atomic E-state index is -0.568. The molecule has 0 atom stereocenters. The van der Waals surface area contributed by atoms with Gasteiger partial charge in [0.1, 0.15) is 5.56 Å². The summed E-state index contributed by atoms with van der Waals surface area (Å²) in [5.74, 6) is -0.501. The average molecular weight is 338 g/mol. The van der Waals surface area contributed by atoms with Crippen LogP contribution in [0.15, 0.2) is 39.9 Å². The SMILES string of the molecule is O=C(NCc1ccccc1)c1c(=O)[nH]n2c(=O)c3c([nH]c12)CCCC3. The second-order valence-corrected chi connectivity index (χ2v) is 6.26. The van der Waals surface area contributed by atoms with E-state index in [2.05, 4.69) is 15.4 Å². The molecule has 0 saturated carbocycles. The predicted octanol–water partition coefficient (Wildman–Crippen LogP) is 1.12. The Morgan fingerprint density at radius 1 is 1.12 bits per heavy atom. The van der Waals surface area contributed by atoms with Crippen molar-refractivity contribution in [3.8, 4) is 0 Å². The maximum Gasteiger partial charge on any atom is 0.279 e. The normalized spacial score (nSPS) is 13.6. The first kappa shape index (κ1) is 15.4. The Kier molecular flexibility index (Phi) is 3.76. The predicted molar refractivity (Wildman–Crippen MR) is 92.9 cm³/mol. The van der Waals surface area contributed by atoms with Crippen LogP contribution in [0.25, 0.3) is 5.65 Å². The fourth-order valence-electron chi connectivity index (χ4n) is 3.34. The minimum Gasteiger partial charge on any atom is -0.348 e. The third kappa shape index (κ3) is 2.67. The number of H-pyrrole nitrogens is 2. The Morgan fingerprint density at radius 3 is 2.68 bits per heavy atom. The van der Waals surface area contributed by atoms with Gasteiger partial charge in [-0.25, -0.2) is 0 Å². The average Bonchev–Trinajstić information content (AvgIpc) is 2.97. The fourth-order valence-corrected chi connectivity index (χ4v) is 3.34. The first-order chi connectivity index (χ1) is 12.1. The third-order valence-electron chi connectivity index (χ3n) is 4.62. The summed E-state index contributed by atoms with van der Waals surface area (Å²) in [4.78, 5) is 40.5. The molecule has 1 aliphatic rings. The van der Waals surface area contributed by atoms with Gasteiger partial charge in [0.2, 0.25) is 0 Å². The van der Waals surface area contributed by atoms with Gasteiger partial charge in [-0.15, -0.1) is 0 Å². The monoisotopic (exact) mass is 338 g/mol. The van der Waals surface area contributed by atoms with Gasteiger partial charge >= 0.3 is 0 Å². The van der Waals surface area contributed by atoms with Crippen LogP contribution < -0.4 is 16.4 Å². The lowest BCUT2D eigenvalue weighted by Gasteiger charge is -2.15. The molecule has 7 nitrogen and oxygen atoms in total. The van der Waals surface area contributed by atoms with Crippen LogP contribution in [0.3, 0.4) is 0 Å². The molecule has 4 rings (SSSR count). The lowest BCUT2D eigenvalue weighted by Crippen LogP contribution is -2.27. The number of nitrogens with one attached hydrogen (secondary N) is 3. The van der Waals surface area contributed by atoms with E-state index in [1.165, 1.54) is 0 Å². The summed E-state index contributed by atoms with van der Waals surface area (Å²) in [5, 5.41) is 5.22.